The molecular weight excluding hydrogens is 150 g/mol. The molecule has 1 heterocycles. The topological polar surface area (TPSA) is 104 Å². The van der Waals surface area contributed by atoms with E-state index in [2.05, 4.69) is 0 Å². The molecule has 0 aromatic rings. The molecule has 0 saturated carbocycles. The van der Waals surface area contributed by atoms with Gasteiger partial charge in [0.25, 0.3) is 0 Å². The molecule has 1 aliphatic rings. The standard InChI is InChI=1S/C6H11NO2.2H2O/c8-6(9)7-4-2-1-3-5-7;;/h1-5H2,(H,8,9);2*1H2. The van der Waals surface area contributed by atoms with Crippen molar-refractivity contribution in [1.82, 2.24) is 4.90 Å². The molecule has 1 saturated heterocycles. The second-order valence-electron chi connectivity index (χ2n) is 2.33. The molecular formula is C6H15NO4. The van der Waals surface area contributed by atoms with Gasteiger partial charge in [0.1, 0.15) is 0 Å². The second kappa shape index (κ2) is 5.94. The third-order valence-corrected chi connectivity index (χ3v) is 1.63. The molecule has 0 bridgehead atoms. The van der Waals surface area contributed by atoms with Gasteiger partial charge in [-0.2, -0.15) is 0 Å². The van der Waals surface area contributed by atoms with Crippen LogP contribution in [0.1, 0.15) is 19.3 Å². The van der Waals surface area contributed by atoms with Crippen molar-refractivity contribution < 1.29 is 20.9 Å². The summed E-state index contributed by atoms with van der Waals surface area (Å²) >= 11 is 0. The van der Waals surface area contributed by atoms with Gasteiger partial charge in [-0.3, -0.25) is 0 Å². The van der Waals surface area contributed by atoms with Crippen LogP contribution in [-0.4, -0.2) is 40.1 Å². The summed E-state index contributed by atoms with van der Waals surface area (Å²) in [4.78, 5) is 11.8. The minimum atomic E-state index is -0.769. The number of amides is 1. The van der Waals surface area contributed by atoms with Crippen LogP contribution in [0.2, 0.25) is 0 Å². The lowest BCUT2D eigenvalue weighted by Gasteiger charge is -2.22. The maximum absolute atomic E-state index is 10.3. The number of rotatable bonds is 0. The smallest absolute Gasteiger partial charge is 0.407 e. The van der Waals surface area contributed by atoms with E-state index in [4.69, 9.17) is 5.11 Å². The average Bonchev–Trinajstić information content (AvgIpc) is 1.90. The van der Waals surface area contributed by atoms with Crippen LogP contribution < -0.4 is 0 Å². The van der Waals surface area contributed by atoms with Gasteiger partial charge in [-0.1, -0.05) is 0 Å². The highest BCUT2D eigenvalue weighted by atomic mass is 16.4. The van der Waals surface area contributed by atoms with E-state index in [-0.39, 0.29) is 11.0 Å². The van der Waals surface area contributed by atoms with Crippen molar-refractivity contribution in [1.29, 1.82) is 0 Å². The maximum Gasteiger partial charge on any atom is 0.407 e. The summed E-state index contributed by atoms with van der Waals surface area (Å²) < 4.78 is 0. The van der Waals surface area contributed by atoms with Crippen LogP contribution in [0.15, 0.2) is 0 Å². The number of hydrogen-bond acceptors (Lipinski definition) is 1. The quantitative estimate of drug-likeness (QED) is 0.522. The highest BCUT2D eigenvalue weighted by molar-refractivity contribution is 5.64. The first-order valence-corrected chi connectivity index (χ1v) is 3.28. The Kier molecular flexibility index (Phi) is 6.92. The number of carbonyl (C=O) groups is 1. The van der Waals surface area contributed by atoms with Crippen LogP contribution in [0.4, 0.5) is 4.79 Å². The average molecular weight is 165 g/mol. The van der Waals surface area contributed by atoms with E-state index in [1.54, 1.807) is 0 Å². The molecule has 0 radical (unpaired) electrons. The van der Waals surface area contributed by atoms with Crippen molar-refractivity contribution in [2.24, 2.45) is 0 Å². The fourth-order valence-corrected chi connectivity index (χ4v) is 1.09. The Morgan fingerprint density at radius 1 is 1.09 bits per heavy atom. The number of carboxylic acid groups (broad SMARTS) is 1. The van der Waals surface area contributed by atoms with E-state index in [1.165, 1.54) is 11.3 Å². The van der Waals surface area contributed by atoms with Crippen molar-refractivity contribution >= 4 is 6.09 Å². The van der Waals surface area contributed by atoms with Crippen molar-refractivity contribution in [3.05, 3.63) is 0 Å². The zero-order valence-corrected chi connectivity index (χ0v) is 6.34. The largest absolute Gasteiger partial charge is 0.465 e. The normalized spacial score (nSPS) is 16.2. The minimum absolute atomic E-state index is 0. The maximum atomic E-state index is 10.3. The van der Waals surface area contributed by atoms with Gasteiger partial charge in [-0.25, -0.2) is 4.79 Å². The van der Waals surface area contributed by atoms with Crippen molar-refractivity contribution in [2.45, 2.75) is 19.3 Å². The lowest BCUT2D eigenvalue weighted by atomic mass is 10.1. The highest BCUT2D eigenvalue weighted by Crippen LogP contribution is 2.07. The highest BCUT2D eigenvalue weighted by Gasteiger charge is 2.13. The fourth-order valence-electron chi connectivity index (χ4n) is 1.09. The van der Waals surface area contributed by atoms with Crippen molar-refractivity contribution in [3.63, 3.8) is 0 Å². The van der Waals surface area contributed by atoms with Crippen LogP contribution in [0.25, 0.3) is 0 Å². The van der Waals surface area contributed by atoms with E-state index in [0.717, 1.165) is 25.9 Å². The zero-order chi connectivity index (χ0) is 6.69. The minimum Gasteiger partial charge on any atom is -0.465 e. The first-order valence-electron chi connectivity index (χ1n) is 3.28. The number of piperidine rings is 1. The van der Waals surface area contributed by atoms with E-state index < -0.39 is 6.09 Å². The Morgan fingerprint density at radius 3 is 1.82 bits per heavy atom. The number of likely N-dealkylation sites (tertiary alicyclic amines) is 1. The summed E-state index contributed by atoms with van der Waals surface area (Å²) in [5.41, 5.74) is 0. The molecule has 0 unspecified atom stereocenters. The Hall–Kier alpha value is -0.810. The molecule has 1 aliphatic heterocycles. The van der Waals surface area contributed by atoms with Crippen molar-refractivity contribution in [2.75, 3.05) is 13.1 Å². The Labute approximate surface area is 65.2 Å². The third-order valence-electron chi connectivity index (χ3n) is 1.63. The van der Waals surface area contributed by atoms with Crippen LogP contribution in [0.5, 0.6) is 0 Å². The summed E-state index contributed by atoms with van der Waals surface area (Å²) in [5.74, 6) is 0. The molecule has 5 N–H and O–H groups in total. The Balaban J connectivity index is 0. The predicted molar refractivity (Wildman–Crippen MR) is 40.7 cm³/mol. The van der Waals surface area contributed by atoms with Gasteiger partial charge in [0.05, 0.1) is 0 Å². The first-order chi connectivity index (χ1) is 4.30. The molecule has 0 aromatic heterocycles. The lowest BCUT2D eigenvalue weighted by molar-refractivity contribution is 0.136. The van der Waals surface area contributed by atoms with Crippen LogP contribution in [0.3, 0.4) is 0 Å². The SMILES string of the molecule is O.O.O=C(O)N1CCCCC1. The summed E-state index contributed by atoms with van der Waals surface area (Å²) in [6.45, 7) is 1.46. The fraction of sp³-hybridized carbons (Fsp3) is 0.833. The molecule has 0 aromatic carbocycles. The molecule has 0 spiro atoms. The van der Waals surface area contributed by atoms with Crippen LogP contribution >= 0.6 is 0 Å². The molecule has 68 valence electrons. The van der Waals surface area contributed by atoms with Gasteiger partial charge >= 0.3 is 6.09 Å². The van der Waals surface area contributed by atoms with Gasteiger partial charge in [-0.05, 0) is 19.3 Å². The van der Waals surface area contributed by atoms with E-state index in [0.29, 0.717) is 0 Å². The van der Waals surface area contributed by atoms with E-state index >= 15 is 0 Å². The number of nitrogens with zero attached hydrogens (tertiary/aromatic N) is 1. The van der Waals surface area contributed by atoms with Crippen molar-refractivity contribution in [3.8, 4) is 0 Å². The Bertz CT molecular complexity index is 111. The second-order valence-corrected chi connectivity index (χ2v) is 2.33. The molecule has 5 nitrogen and oxygen atoms in total. The monoisotopic (exact) mass is 165 g/mol. The molecule has 0 atom stereocenters. The van der Waals surface area contributed by atoms with Gasteiger partial charge in [-0.15, -0.1) is 0 Å². The molecule has 1 amide bonds. The summed E-state index contributed by atoms with van der Waals surface area (Å²) in [6, 6.07) is 0. The molecule has 1 rings (SSSR count). The molecule has 5 heteroatoms. The third kappa shape index (κ3) is 3.79. The number of hydrogen-bond donors (Lipinski definition) is 1. The van der Waals surface area contributed by atoms with Crippen LogP contribution in [-0.2, 0) is 0 Å². The van der Waals surface area contributed by atoms with Gasteiger partial charge in [0.2, 0.25) is 0 Å². The lowest BCUT2D eigenvalue weighted by Crippen LogP contribution is -2.34. The van der Waals surface area contributed by atoms with E-state index in [9.17, 15) is 4.79 Å². The van der Waals surface area contributed by atoms with E-state index in [1.807, 2.05) is 0 Å². The van der Waals surface area contributed by atoms with Gasteiger partial charge in [0.15, 0.2) is 0 Å². The first kappa shape index (κ1) is 12.8. The van der Waals surface area contributed by atoms with Gasteiger partial charge in [0, 0.05) is 13.1 Å². The van der Waals surface area contributed by atoms with Crippen LogP contribution in [0, 0.1) is 0 Å². The summed E-state index contributed by atoms with van der Waals surface area (Å²) in [5, 5.41) is 8.46. The molecule has 0 aliphatic carbocycles. The molecule has 11 heavy (non-hydrogen) atoms. The Morgan fingerprint density at radius 2 is 1.55 bits per heavy atom. The predicted octanol–water partition coefficient (Wildman–Crippen LogP) is -0.499. The van der Waals surface area contributed by atoms with Gasteiger partial charge < -0.3 is 21.0 Å². The molecule has 1 fully saturated rings. The summed E-state index contributed by atoms with van der Waals surface area (Å²) in [6.07, 6.45) is 2.48. The zero-order valence-electron chi connectivity index (χ0n) is 6.34. The summed E-state index contributed by atoms with van der Waals surface area (Å²) in [7, 11) is 0.